The van der Waals surface area contributed by atoms with Crippen LogP contribution in [0.4, 0.5) is 0 Å². The van der Waals surface area contributed by atoms with Crippen LogP contribution < -0.4 is 14.8 Å². The Morgan fingerprint density at radius 1 is 1.28 bits per heavy atom. The first-order chi connectivity index (χ1) is 13.9. The van der Waals surface area contributed by atoms with Crippen molar-refractivity contribution >= 4 is 11.8 Å². The smallest absolute Gasteiger partial charge is 0.292 e. The molecular weight excluding hydrogens is 374 g/mol. The fourth-order valence-electron chi connectivity index (χ4n) is 3.72. The third kappa shape index (κ3) is 3.66. The monoisotopic (exact) mass is 399 g/mol. The van der Waals surface area contributed by atoms with E-state index >= 15 is 0 Å². The first kappa shape index (κ1) is 19.3. The first-order valence-electron chi connectivity index (χ1n) is 9.82. The Labute approximate surface area is 169 Å². The zero-order chi connectivity index (χ0) is 20.6. The van der Waals surface area contributed by atoms with Crippen molar-refractivity contribution in [2.24, 2.45) is 0 Å². The molecule has 8 heteroatoms. The molecule has 1 aromatic carbocycles. The molecule has 3 heterocycles. The summed E-state index contributed by atoms with van der Waals surface area (Å²) in [6.07, 6.45) is 1.21. The van der Waals surface area contributed by atoms with Crippen molar-refractivity contribution in [3.63, 3.8) is 0 Å². The maximum absolute atomic E-state index is 12.8. The average Bonchev–Trinajstić information content (AvgIpc) is 3.18. The van der Waals surface area contributed by atoms with Crippen LogP contribution in [0.1, 0.15) is 59.2 Å². The lowest BCUT2D eigenvalue weighted by molar-refractivity contribution is 0.00642. The number of piperidine rings is 1. The van der Waals surface area contributed by atoms with Crippen molar-refractivity contribution in [3.05, 3.63) is 41.3 Å². The Morgan fingerprint density at radius 2 is 2.03 bits per heavy atom. The van der Waals surface area contributed by atoms with Gasteiger partial charge >= 0.3 is 0 Å². The molecule has 29 heavy (non-hydrogen) atoms. The molecule has 1 fully saturated rings. The fraction of sp³-hybridized carbons (Fsp3) is 0.476. The molecule has 2 aromatic rings. The Bertz CT molecular complexity index is 928. The summed E-state index contributed by atoms with van der Waals surface area (Å²) in [5, 5.41) is 6.92. The number of carbonyl (C=O) groups excluding carboxylic acids is 2. The van der Waals surface area contributed by atoms with Gasteiger partial charge in [0.15, 0.2) is 0 Å². The summed E-state index contributed by atoms with van der Waals surface area (Å²) in [6, 6.07) is 6.93. The van der Waals surface area contributed by atoms with E-state index in [0.717, 1.165) is 5.69 Å². The molecule has 0 aliphatic carbocycles. The van der Waals surface area contributed by atoms with Crippen LogP contribution in [0.3, 0.4) is 0 Å². The van der Waals surface area contributed by atoms with E-state index in [-0.39, 0.29) is 23.5 Å². The third-order valence-corrected chi connectivity index (χ3v) is 5.62. The number of fused-ring (bicyclic) bond motifs is 1. The number of carbonyl (C=O) groups is 2. The van der Waals surface area contributed by atoms with Gasteiger partial charge in [0.25, 0.3) is 11.8 Å². The van der Waals surface area contributed by atoms with Crippen LogP contribution in [0.25, 0.3) is 0 Å². The van der Waals surface area contributed by atoms with Gasteiger partial charge in [0.05, 0.1) is 24.9 Å². The van der Waals surface area contributed by atoms with Crippen LogP contribution in [0.5, 0.6) is 11.5 Å². The summed E-state index contributed by atoms with van der Waals surface area (Å²) in [5.74, 6) is 1.26. The highest BCUT2D eigenvalue weighted by molar-refractivity contribution is 5.97. The number of amides is 2. The van der Waals surface area contributed by atoms with Crippen LogP contribution in [-0.2, 0) is 0 Å². The van der Waals surface area contributed by atoms with Crippen LogP contribution in [0.2, 0.25) is 0 Å². The predicted octanol–water partition coefficient (Wildman–Crippen LogP) is 2.60. The molecule has 0 unspecified atom stereocenters. The molecule has 0 bridgehead atoms. The van der Waals surface area contributed by atoms with Gasteiger partial charge in [-0.3, -0.25) is 9.59 Å². The molecular formula is C21H25N3O5. The van der Waals surface area contributed by atoms with Gasteiger partial charge in [-0.15, -0.1) is 0 Å². The number of benzene rings is 1. The minimum atomic E-state index is -0.545. The molecule has 1 aromatic heterocycles. The number of likely N-dealkylation sites (tertiary alicyclic amines) is 1. The Hall–Kier alpha value is -3.03. The maximum atomic E-state index is 12.8. The number of rotatable bonds is 3. The van der Waals surface area contributed by atoms with E-state index in [1.54, 1.807) is 36.3 Å². The Kier molecular flexibility index (Phi) is 4.94. The number of methoxy groups -OCH3 is 1. The lowest BCUT2D eigenvalue weighted by Gasteiger charge is -2.40. The quantitative estimate of drug-likeness (QED) is 0.853. The largest absolute Gasteiger partial charge is 0.497 e. The lowest BCUT2D eigenvalue weighted by Crippen LogP contribution is -2.54. The van der Waals surface area contributed by atoms with Gasteiger partial charge in [-0.1, -0.05) is 19.0 Å². The van der Waals surface area contributed by atoms with Crippen molar-refractivity contribution in [3.8, 4) is 11.5 Å². The van der Waals surface area contributed by atoms with Crippen LogP contribution in [0, 0.1) is 0 Å². The second kappa shape index (κ2) is 7.42. The summed E-state index contributed by atoms with van der Waals surface area (Å²) in [6.45, 7) is 5.42. The Morgan fingerprint density at radius 3 is 2.69 bits per heavy atom. The van der Waals surface area contributed by atoms with Crippen molar-refractivity contribution in [2.75, 3.05) is 26.7 Å². The van der Waals surface area contributed by atoms with Crippen molar-refractivity contribution in [1.29, 1.82) is 0 Å². The van der Waals surface area contributed by atoms with Crippen molar-refractivity contribution in [1.82, 2.24) is 15.4 Å². The van der Waals surface area contributed by atoms with Crippen LogP contribution in [0.15, 0.2) is 28.8 Å². The molecule has 8 nitrogen and oxygen atoms in total. The van der Waals surface area contributed by atoms with Gasteiger partial charge in [-0.05, 0) is 24.1 Å². The molecule has 2 amide bonds. The zero-order valence-electron chi connectivity index (χ0n) is 16.9. The van der Waals surface area contributed by atoms with Gasteiger partial charge < -0.3 is 24.2 Å². The molecule has 2 aliphatic rings. The fourth-order valence-corrected chi connectivity index (χ4v) is 3.72. The minimum absolute atomic E-state index is 0.165. The topological polar surface area (TPSA) is 93.9 Å². The van der Waals surface area contributed by atoms with Crippen LogP contribution in [-0.4, -0.2) is 54.2 Å². The number of aromatic nitrogens is 1. The van der Waals surface area contributed by atoms with Crippen LogP contribution >= 0.6 is 0 Å². The lowest BCUT2D eigenvalue weighted by atomic mass is 9.90. The molecule has 154 valence electrons. The number of nitrogens with zero attached hydrogens (tertiary/aromatic N) is 2. The van der Waals surface area contributed by atoms with Gasteiger partial charge in [0, 0.05) is 32.0 Å². The van der Waals surface area contributed by atoms with E-state index in [1.807, 2.05) is 13.8 Å². The van der Waals surface area contributed by atoms with E-state index in [0.29, 0.717) is 49.5 Å². The second-order valence-corrected chi connectivity index (χ2v) is 7.89. The number of nitrogens with one attached hydrogen (secondary N) is 1. The number of hydrogen-bond acceptors (Lipinski definition) is 6. The molecule has 0 radical (unpaired) electrons. The van der Waals surface area contributed by atoms with Crippen molar-refractivity contribution < 1.29 is 23.6 Å². The summed E-state index contributed by atoms with van der Waals surface area (Å²) < 4.78 is 16.8. The summed E-state index contributed by atoms with van der Waals surface area (Å²) in [4.78, 5) is 27.0. The van der Waals surface area contributed by atoms with E-state index in [1.165, 1.54) is 0 Å². The van der Waals surface area contributed by atoms with Gasteiger partial charge in [-0.25, -0.2) is 0 Å². The van der Waals surface area contributed by atoms with E-state index in [4.69, 9.17) is 14.0 Å². The maximum Gasteiger partial charge on any atom is 0.292 e. The highest BCUT2D eigenvalue weighted by Gasteiger charge is 2.41. The average molecular weight is 399 g/mol. The molecule has 1 spiro atoms. The molecule has 4 rings (SSSR count). The SMILES string of the molecule is COc1ccc2c(c1)C(=O)NCC1(CCN(C(=O)c3cc(C(C)C)no3)CC1)O2. The summed E-state index contributed by atoms with van der Waals surface area (Å²) >= 11 is 0. The zero-order valence-corrected chi connectivity index (χ0v) is 16.9. The standard InChI is InChI=1S/C21H25N3O5/c1-13(2)16-11-18(29-23-16)20(26)24-8-6-21(7-9-24)12-22-19(25)15-10-14(27-3)4-5-17(15)28-21/h4-5,10-11,13H,6-9,12H2,1-3H3,(H,22,25). The highest BCUT2D eigenvalue weighted by Crippen LogP contribution is 2.35. The van der Waals surface area contributed by atoms with Gasteiger partial charge in [0.2, 0.25) is 5.76 Å². The van der Waals surface area contributed by atoms with E-state index < -0.39 is 5.60 Å². The minimum Gasteiger partial charge on any atom is -0.497 e. The molecule has 0 saturated carbocycles. The normalized spacial score (nSPS) is 18.1. The molecule has 2 aliphatic heterocycles. The molecule has 1 saturated heterocycles. The molecule has 1 N–H and O–H groups in total. The highest BCUT2D eigenvalue weighted by atomic mass is 16.5. The number of ether oxygens (including phenoxy) is 2. The number of hydrogen-bond donors (Lipinski definition) is 1. The third-order valence-electron chi connectivity index (χ3n) is 5.62. The molecule has 0 atom stereocenters. The Balaban J connectivity index is 1.47. The predicted molar refractivity (Wildman–Crippen MR) is 104 cm³/mol. The van der Waals surface area contributed by atoms with Gasteiger partial charge in [-0.2, -0.15) is 0 Å². The summed E-state index contributed by atoms with van der Waals surface area (Å²) in [7, 11) is 1.56. The van der Waals surface area contributed by atoms with E-state index in [2.05, 4.69) is 10.5 Å². The van der Waals surface area contributed by atoms with Gasteiger partial charge in [0.1, 0.15) is 17.1 Å². The van der Waals surface area contributed by atoms with E-state index in [9.17, 15) is 9.59 Å². The second-order valence-electron chi connectivity index (χ2n) is 7.89. The summed E-state index contributed by atoms with van der Waals surface area (Å²) in [5.41, 5.74) is 0.683. The van der Waals surface area contributed by atoms with Crippen molar-refractivity contribution in [2.45, 2.75) is 38.2 Å². The first-order valence-corrected chi connectivity index (χ1v) is 9.82.